The lowest BCUT2D eigenvalue weighted by Crippen LogP contribution is -2.26. The first-order valence-corrected chi connectivity index (χ1v) is 8.12. The zero-order valence-electron chi connectivity index (χ0n) is 14.0. The first-order chi connectivity index (χ1) is 11.6. The van der Waals surface area contributed by atoms with Crippen LogP contribution in [0.3, 0.4) is 0 Å². The van der Waals surface area contributed by atoms with E-state index in [0.29, 0.717) is 13.0 Å². The molecule has 1 fully saturated rings. The standard InChI is InChI=1S/C20H22O4/c1-20(2)23-18(19(13-21)24-20)12-15-8-10-17(11-9-15)22-14-16-6-4-3-5-7-16/h3-11,13,18-19H,12,14H2,1-2H3/t18-,19?/m1/s1. The second-order valence-electron chi connectivity index (χ2n) is 6.40. The van der Waals surface area contributed by atoms with E-state index in [2.05, 4.69) is 0 Å². The molecule has 1 unspecified atom stereocenters. The average molecular weight is 326 g/mol. The van der Waals surface area contributed by atoms with Crippen LogP contribution in [0.15, 0.2) is 54.6 Å². The minimum Gasteiger partial charge on any atom is -0.489 e. The largest absolute Gasteiger partial charge is 0.489 e. The molecule has 1 saturated heterocycles. The quantitative estimate of drug-likeness (QED) is 0.762. The number of hydrogen-bond acceptors (Lipinski definition) is 4. The van der Waals surface area contributed by atoms with Gasteiger partial charge in [0.2, 0.25) is 0 Å². The molecule has 4 heteroatoms. The van der Waals surface area contributed by atoms with Gasteiger partial charge in [-0.1, -0.05) is 42.5 Å². The van der Waals surface area contributed by atoms with Gasteiger partial charge in [-0.05, 0) is 37.1 Å². The van der Waals surface area contributed by atoms with Crippen LogP contribution in [0.2, 0.25) is 0 Å². The molecule has 0 aromatic heterocycles. The van der Waals surface area contributed by atoms with Crippen molar-refractivity contribution in [1.82, 2.24) is 0 Å². The Morgan fingerprint density at radius 2 is 1.71 bits per heavy atom. The Morgan fingerprint density at radius 3 is 2.38 bits per heavy atom. The monoisotopic (exact) mass is 326 g/mol. The van der Waals surface area contributed by atoms with E-state index >= 15 is 0 Å². The molecule has 3 rings (SSSR count). The molecule has 126 valence electrons. The van der Waals surface area contributed by atoms with E-state index in [-0.39, 0.29) is 6.10 Å². The van der Waals surface area contributed by atoms with Crippen molar-refractivity contribution in [3.8, 4) is 5.75 Å². The molecule has 2 aromatic rings. The van der Waals surface area contributed by atoms with Crippen LogP contribution in [0.25, 0.3) is 0 Å². The predicted octanol–water partition coefficient (Wildman–Crippen LogP) is 3.53. The van der Waals surface area contributed by atoms with Crippen LogP contribution in [-0.2, 0) is 27.3 Å². The maximum Gasteiger partial charge on any atom is 0.164 e. The lowest BCUT2D eigenvalue weighted by molar-refractivity contribution is -0.150. The van der Waals surface area contributed by atoms with E-state index in [1.807, 2.05) is 68.4 Å². The van der Waals surface area contributed by atoms with E-state index in [1.54, 1.807) is 0 Å². The summed E-state index contributed by atoms with van der Waals surface area (Å²) in [5.41, 5.74) is 2.22. The molecule has 0 aliphatic carbocycles. The van der Waals surface area contributed by atoms with Crippen LogP contribution in [0, 0.1) is 0 Å². The van der Waals surface area contributed by atoms with Gasteiger partial charge in [0, 0.05) is 6.42 Å². The molecule has 24 heavy (non-hydrogen) atoms. The van der Waals surface area contributed by atoms with Crippen LogP contribution in [0.1, 0.15) is 25.0 Å². The normalized spacial score (nSPS) is 22.2. The zero-order chi connectivity index (χ0) is 17.0. The number of benzene rings is 2. The molecule has 2 atom stereocenters. The molecule has 4 nitrogen and oxygen atoms in total. The van der Waals surface area contributed by atoms with Gasteiger partial charge < -0.3 is 19.0 Å². The van der Waals surface area contributed by atoms with Crippen molar-refractivity contribution in [1.29, 1.82) is 0 Å². The van der Waals surface area contributed by atoms with Crippen LogP contribution < -0.4 is 4.74 Å². The Bertz CT molecular complexity index is 664. The van der Waals surface area contributed by atoms with Crippen molar-refractivity contribution in [3.63, 3.8) is 0 Å². The van der Waals surface area contributed by atoms with E-state index in [0.717, 1.165) is 23.2 Å². The Kier molecular flexibility index (Phi) is 4.97. The first-order valence-electron chi connectivity index (χ1n) is 8.12. The number of hydrogen-bond donors (Lipinski definition) is 0. The fourth-order valence-corrected chi connectivity index (χ4v) is 2.83. The lowest BCUT2D eigenvalue weighted by Gasteiger charge is -2.16. The minimum absolute atomic E-state index is 0.256. The van der Waals surface area contributed by atoms with Crippen LogP contribution in [-0.4, -0.2) is 24.3 Å². The molecule has 2 aromatic carbocycles. The first kappa shape index (κ1) is 16.7. The van der Waals surface area contributed by atoms with Crippen molar-refractivity contribution in [2.24, 2.45) is 0 Å². The second-order valence-corrected chi connectivity index (χ2v) is 6.40. The summed E-state index contributed by atoms with van der Waals surface area (Å²) in [6, 6.07) is 17.9. The Labute approximate surface area is 142 Å². The number of carbonyl (C=O) groups excluding carboxylic acids is 1. The van der Waals surface area contributed by atoms with Crippen molar-refractivity contribution >= 4 is 6.29 Å². The fourth-order valence-electron chi connectivity index (χ4n) is 2.83. The molecular weight excluding hydrogens is 304 g/mol. The Balaban J connectivity index is 1.57. The summed E-state index contributed by atoms with van der Waals surface area (Å²) in [7, 11) is 0. The molecule has 1 aliphatic heterocycles. The number of ether oxygens (including phenoxy) is 3. The molecule has 0 amide bonds. The molecular formula is C20H22O4. The van der Waals surface area contributed by atoms with E-state index in [9.17, 15) is 4.79 Å². The average Bonchev–Trinajstić information content (AvgIpc) is 2.89. The van der Waals surface area contributed by atoms with Gasteiger partial charge >= 0.3 is 0 Å². The fraction of sp³-hybridized carbons (Fsp3) is 0.350. The highest BCUT2D eigenvalue weighted by Gasteiger charge is 2.40. The molecule has 1 aliphatic rings. The van der Waals surface area contributed by atoms with Crippen LogP contribution in [0.5, 0.6) is 5.75 Å². The molecule has 0 spiro atoms. The molecule has 0 N–H and O–H groups in total. The smallest absolute Gasteiger partial charge is 0.164 e. The second kappa shape index (κ2) is 7.16. The van der Waals surface area contributed by atoms with Gasteiger partial charge in [0.1, 0.15) is 18.5 Å². The van der Waals surface area contributed by atoms with Gasteiger partial charge in [-0.3, -0.25) is 0 Å². The Morgan fingerprint density at radius 1 is 1.00 bits per heavy atom. The molecule has 0 bridgehead atoms. The summed E-state index contributed by atoms with van der Waals surface area (Å²) < 4.78 is 17.2. The number of rotatable bonds is 6. The third kappa shape index (κ3) is 4.22. The molecule has 0 saturated carbocycles. The Hall–Kier alpha value is -2.17. The van der Waals surface area contributed by atoms with E-state index in [4.69, 9.17) is 14.2 Å². The maximum atomic E-state index is 11.1. The van der Waals surface area contributed by atoms with Gasteiger partial charge in [-0.25, -0.2) is 0 Å². The summed E-state index contributed by atoms with van der Waals surface area (Å²) >= 11 is 0. The van der Waals surface area contributed by atoms with Crippen molar-refractivity contribution in [3.05, 3.63) is 65.7 Å². The van der Waals surface area contributed by atoms with Crippen LogP contribution >= 0.6 is 0 Å². The number of carbonyl (C=O) groups is 1. The van der Waals surface area contributed by atoms with Crippen molar-refractivity contribution < 1.29 is 19.0 Å². The van der Waals surface area contributed by atoms with Gasteiger partial charge in [-0.2, -0.15) is 0 Å². The third-order valence-corrected chi connectivity index (χ3v) is 3.96. The summed E-state index contributed by atoms with van der Waals surface area (Å²) in [6.07, 6.45) is 0.672. The van der Waals surface area contributed by atoms with E-state index < -0.39 is 11.9 Å². The van der Waals surface area contributed by atoms with Gasteiger partial charge in [0.25, 0.3) is 0 Å². The zero-order valence-corrected chi connectivity index (χ0v) is 14.0. The predicted molar refractivity (Wildman–Crippen MR) is 90.8 cm³/mol. The van der Waals surface area contributed by atoms with Gasteiger partial charge in [-0.15, -0.1) is 0 Å². The highest BCUT2D eigenvalue weighted by Crippen LogP contribution is 2.29. The van der Waals surface area contributed by atoms with Crippen LogP contribution in [0.4, 0.5) is 0 Å². The minimum atomic E-state index is -0.713. The third-order valence-electron chi connectivity index (χ3n) is 3.96. The lowest BCUT2D eigenvalue weighted by atomic mass is 10.0. The maximum absolute atomic E-state index is 11.1. The topological polar surface area (TPSA) is 44.8 Å². The van der Waals surface area contributed by atoms with Crippen molar-refractivity contribution in [2.75, 3.05) is 0 Å². The number of aldehydes is 1. The summed E-state index contributed by atoms with van der Waals surface area (Å²) in [4.78, 5) is 11.1. The molecule has 0 radical (unpaired) electrons. The van der Waals surface area contributed by atoms with Crippen molar-refractivity contribution in [2.45, 2.75) is 44.9 Å². The SMILES string of the molecule is CC1(C)OC(C=O)[C@@H](Cc2ccc(OCc3ccccc3)cc2)O1. The molecule has 1 heterocycles. The highest BCUT2D eigenvalue weighted by atomic mass is 16.8. The summed E-state index contributed by atoms with van der Waals surface area (Å²) in [5, 5.41) is 0. The van der Waals surface area contributed by atoms with E-state index in [1.165, 1.54) is 0 Å². The summed E-state index contributed by atoms with van der Waals surface area (Å²) in [5.74, 6) is 0.105. The van der Waals surface area contributed by atoms with Gasteiger partial charge in [0.05, 0.1) is 6.10 Å². The summed E-state index contributed by atoms with van der Waals surface area (Å²) in [6.45, 7) is 4.19. The highest BCUT2D eigenvalue weighted by molar-refractivity contribution is 5.58. The van der Waals surface area contributed by atoms with Gasteiger partial charge in [0.15, 0.2) is 12.1 Å².